The van der Waals surface area contributed by atoms with Crippen molar-refractivity contribution < 1.29 is 27.5 Å². The number of amides is 2. The molecule has 1 fully saturated rings. The van der Waals surface area contributed by atoms with Crippen molar-refractivity contribution in [2.45, 2.75) is 39.6 Å². The molecule has 0 atom stereocenters. The first-order valence-corrected chi connectivity index (χ1v) is 8.57. The second-order valence-electron chi connectivity index (χ2n) is 6.63. The van der Waals surface area contributed by atoms with Gasteiger partial charge in [0.1, 0.15) is 5.75 Å². The summed E-state index contributed by atoms with van der Waals surface area (Å²) in [5, 5.41) is 2.67. The van der Waals surface area contributed by atoms with E-state index in [0.29, 0.717) is 25.9 Å². The van der Waals surface area contributed by atoms with Crippen molar-refractivity contribution in [3.63, 3.8) is 0 Å². The van der Waals surface area contributed by atoms with Crippen LogP contribution in [0.1, 0.15) is 32.3 Å². The van der Waals surface area contributed by atoms with Gasteiger partial charge in [-0.2, -0.15) is 0 Å². The normalized spacial score (nSPS) is 15.8. The lowest BCUT2D eigenvalue weighted by molar-refractivity contribution is -0.274. The minimum atomic E-state index is -4.78. The Balaban J connectivity index is 1.88. The summed E-state index contributed by atoms with van der Waals surface area (Å²) in [5.41, 5.74) is 0.255. The SMILES string of the molecule is CC(C)C(=O)N1CCC(C(=O)NCc2ccccc2OC(F)(F)F)CC1. The van der Waals surface area contributed by atoms with Gasteiger partial charge < -0.3 is 15.0 Å². The number of benzene rings is 1. The largest absolute Gasteiger partial charge is 0.573 e. The summed E-state index contributed by atoms with van der Waals surface area (Å²) in [7, 11) is 0. The van der Waals surface area contributed by atoms with E-state index in [-0.39, 0.29) is 41.5 Å². The van der Waals surface area contributed by atoms with Crippen molar-refractivity contribution in [3.8, 4) is 5.75 Å². The van der Waals surface area contributed by atoms with E-state index >= 15 is 0 Å². The molecule has 1 saturated heterocycles. The molecule has 0 aliphatic carbocycles. The Morgan fingerprint density at radius 2 is 1.85 bits per heavy atom. The van der Waals surface area contributed by atoms with Crippen molar-refractivity contribution in [3.05, 3.63) is 29.8 Å². The van der Waals surface area contributed by atoms with Crippen LogP contribution < -0.4 is 10.1 Å². The van der Waals surface area contributed by atoms with Gasteiger partial charge in [0, 0.05) is 37.0 Å². The Hall–Kier alpha value is -2.25. The summed E-state index contributed by atoms with van der Waals surface area (Å²) in [6.45, 7) is 4.66. The van der Waals surface area contributed by atoms with Crippen LogP contribution in [0.2, 0.25) is 0 Å². The molecule has 1 aromatic rings. The number of hydrogen-bond acceptors (Lipinski definition) is 3. The van der Waals surface area contributed by atoms with E-state index in [9.17, 15) is 22.8 Å². The number of rotatable bonds is 5. The van der Waals surface area contributed by atoms with E-state index in [1.807, 2.05) is 13.8 Å². The van der Waals surface area contributed by atoms with E-state index in [1.54, 1.807) is 11.0 Å². The van der Waals surface area contributed by atoms with E-state index in [0.717, 1.165) is 0 Å². The molecule has 8 heteroatoms. The molecule has 26 heavy (non-hydrogen) atoms. The van der Waals surface area contributed by atoms with Gasteiger partial charge in [0.05, 0.1) is 0 Å². The lowest BCUT2D eigenvalue weighted by atomic mass is 9.95. The second-order valence-corrected chi connectivity index (χ2v) is 6.63. The minimum Gasteiger partial charge on any atom is -0.405 e. The Labute approximate surface area is 150 Å². The van der Waals surface area contributed by atoms with Crippen molar-refractivity contribution in [2.75, 3.05) is 13.1 Å². The summed E-state index contributed by atoms with van der Waals surface area (Å²) >= 11 is 0. The number of alkyl halides is 3. The Morgan fingerprint density at radius 3 is 2.42 bits per heavy atom. The molecule has 1 aliphatic rings. The van der Waals surface area contributed by atoms with Crippen LogP contribution in [0.25, 0.3) is 0 Å². The molecule has 0 saturated carbocycles. The maximum atomic E-state index is 12.4. The minimum absolute atomic E-state index is 0.0454. The summed E-state index contributed by atoms with van der Waals surface area (Å²) in [4.78, 5) is 26.0. The molecular formula is C18H23F3N2O3. The van der Waals surface area contributed by atoms with Crippen LogP contribution in [0, 0.1) is 11.8 Å². The Bertz CT molecular complexity index is 639. The molecule has 1 aliphatic heterocycles. The highest BCUT2D eigenvalue weighted by Gasteiger charge is 2.32. The molecule has 144 valence electrons. The number of carbonyl (C=O) groups excluding carboxylic acids is 2. The average molecular weight is 372 g/mol. The van der Waals surface area contributed by atoms with Crippen LogP contribution in [-0.2, 0) is 16.1 Å². The Kier molecular flexibility index (Phi) is 6.50. The third kappa shape index (κ3) is 5.64. The van der Waals surface area contributed by atoms with Crippen molar-refractivity contribution in [1.82, 2.24) is 10.2 Å². The number of para-hydroxylation sites is 1. The molecule has 0 aromatic heterocycles. The zero-order valence-corrected chi connectivity index (χ0v) is 14.8. The molecule has 1 aromatic carbocycles. The number of ether oxygens (including phenoxy) is 1. The van der Waals surface area contributed by atoms with Crippen molar-refractivity contribution >= 4 is 11.8 Å². The van der Waals surface area contributed by atoms with Gasteiger partial charge in [-0.1, -0.05) is 32.0 Å². The molecule has 0 radical (unpaired) electrons. The standard InChI is InChI=1S/C18H23F3N2O3/c1-12(2)17(25)23-9-7-13(8-10-23)16(24)22-11-14-5-3-4-6-15(14)26-18(19,20)21/h3-6,12-13H,7-11H2,1-2H3,(H,22,24). The summed E-state index contributed by atoms with van der Waals surface area (Å²) in [6.07, 6.45) is -3.69. The molecule has 1 N–H and O–H groups in total. The maximum Gasteiger partial charge on any atom is 0.573 e. The fraction of sp³-hybridized carbons (Fsp3) is 0.556. The zero-order valence-electron chi connectivity index (χ0n) is 14.8. The topological polar surface area (TPSA) is 58.6 Å². The molecular weight excluding hydrogens is 349 g/mol. The van der Waals surface area contributed by atoms with Gasteiger partial charge in [-0.25, -0.2) is 0 Å². The van der Waals surface area contributed by atoms with Crippen LogP contribution in [0.4, 0.5) is 13.2 Å². The lowest BCUT2D eigenvalue weighted by Gasteiger charge is -2.32. The summed E-state index contributed by atoms with van der Waals surface area (Å²) < 4.78 is 41.3. The molecule has 2 rings (SSSR count). The quantitative estimate of drug-likeness (QED) is 0.864. The fourth-order valence-electron chi connectivity index (χ4n) is 2.93. The average Bonchev–Trinajstić information content (AvgIpc) is 2.58. The monoisotopic (exact) mass is 372 g/mol. The van der Waals surface area contributed by atoms with Crippen LogP contribution in [0.15, 0.2) is 24.3 Å². The van der Waals surface area contributed by atoms with Crippen LogP contribution in [0.5, 0.6) is 5.75 Å². The summed E-state index contributed by atoms with van der Waals surface area (Å²) in [6, 6.07) is 5.71. The third-order valence-corrected chi connectivity index (χ3v) is 4.32. The predicted molar refractivity (Wildman–Crippen MR) is 89.1 cm³/mol. The van der Waals surface area contributed by atoms with E-state index in [1.165, 1.54) is 18.2 Å². The van der Waals surface area contributed by atoms with Crippen LogP contribution in [-0.4, -0.2) is 36.2 Å². The van der Waals surface area contributed by atoms with Gasteiger partial charge in [-0.15, -0.1) is 13.2 Å². The molecule has 1 heterocycles. The first-order valence-electron chi connectivity index (χ1n) is 8.57. The van der Waals surface area contributed by atoms with Gasteiger partial charge in [0.2, 0.25) is 11.8 Å². The number of likely N-dealkylation sites (tertiary alicyclic amines) is 1. The first kappa shape index (κ1) is 20.1. The number of nitrogens with one attached hydrogen (secondary N) is 1. The number of hydrogen-bond donors (Lipinski definition) is 1. The van der Waals surface area contributed by atoms with Gasteiger partial charge in [-0.05, 0) is 18.9 Å². The predicted octanol–water partition coefficient (Wildman–Crippen LogP) is 3.10. The van der Waals surface area contributed by atoms with Gasteiger partial charge in [0.15, 0.2) is 0 Å². The highest BCUT2D eigenvalue weighted by molar-refractivity contribution is 5.80. The smallest absolute Gasteiger partial charge is 0.405 e. The maximum absolute atomic E-state index is 12.4. The van der Waals surface area contributed by atoms with E-state index in [4.69, 9.17) is 0 Å². The number of halogens is 3. The van der Waals surface area contributed by atoms with Crippen molar-refractivity contribution in [2.24, 2.45) is 11.8 Å². The molecule has 5 nitrogen and oxygen atoms in total. The zero-order chi connectivity index (χ0) is 19.3. The van der Waals surface area contributed by atoms with Gasteiger partial charge in [0.25, 0.3) is 0 Å². The highest BCUT2D eigenvalue weighted by atomic mass is 19.4. The van der Waals surface area contributed by atoms with Crippen molar-refractivity contribution in [1.29, 1.82) is 0 Å². The highest BCUT2D eigenvalue weighted by Crippen LogP contribution is 2.26. The molecule has 2 amide bonds. The molecule has 0 bridgehead atoms. The fourth-order valence-corrected chi connectivity index (χ4v) is 2.93. The number of carbonyl (C=O) groups is 2. The van der Waals surface area contributed by atoms with Gasteiger partial charge >= 0.3 is 6.36 Å². The van der Waals surface area contributed by atoms with Crippen LogP contribution >= 0.6 is 0 Å². The molecule has 0 unspecified atom stereocenters. The molecule has 0 spiro atoms. The second kappa shape index (κ2) is 8.42. The first-order chi connectivity index (χ1) is 12.2. The van der Waals surface area contributed by atoms with Gasteiger partial charge in [-0.3, -0.25) is 9.59 Å². The lowest BCUT2D eigenvalue weighted by Crippen LogP contribution is -2.44. The van der Waals surface area contributed by atoms with Crippen LogP contribution in [0.3, 0.4) is 0 Å². The third-order valence-electron chi connectivity index (χ3n) is 4.32. The number of piperidine rings is 1. The summed E-state index contributed by atoms with van der Waals surface area (Å²) in [5.74, 6) is -0.796. The number of nitrogens with zero attached hydrogens (tertiary/aromatic N) is 1. The Morgan fingerprint density at radius 1 is 1.23 bits per heavy atom. The van der Waals surface area contributed by atoms with E-state index in [2.05, 4.69) is 10.1 Å². The van der Waals surface area contributed by atoms with E-state index < -0.39 is 6.36 Å².